The lowest BCUT2D eigenvalue weighted by Crippen LogP contribution is -2.47. The summed E-state index contributed by atoms with van der Waals surface area (Å²) in [5.74, 6) is -0.707. The topological polar surface area (TPSA) is 173 Å². The van der Waals surface area contributed by atoms with Gasteiger partial charge in [0.2, 0.25) is 0 Å². The quantitative estimate of drug-likeness (QED) is 0.226. The number of nitrogens with one attached hydrogen (secondary N) is 1. The largest absolute Gasteiger partial charge is 0.394 e. The predicted octanol–water partition coefficient (Wildman–Crippen LogP) is -2.33. The van der Waals surface area contributed by atoms with Crippen molar-refractivity contribution in [1.29, 1.82) is 0 Å². The van der Waals surface area contributed by atoms with E-state index in [0.717, 1.165) is 0 Å². The molecule has 136 valence electrons. The van der Waals surface area contributed by atoms with Gasteiger partial charge in [0.05, 0.1) is 31.5 Å². The van der Waals surface area contributed by atoms with E-state index in [1.54, 1.807) is 13.8 Å². The zero-order valence-electron chi connectivity index (χ0n) is 13.4. The van der Waals surface area contributed by atoms with Crippen LogP contribution in [-0.4, -0.2) is 82.7 Å². The van der Waals surface area contributed by atoms with E-state index in [9.17, 15) is 8.42 Å². The molecule has 0 amide bonds. The zero-order valence-corrected chi connectivity index (χ0v) is 14.2. The second kappa shape index (κ2) is 10.4. The molecule has 10 heteroatoms. The SMILES string of the molecule is CC(C)(CO)NCC(O)CS(=O)(=O)O.CCC(N)(CO)CO. The standard InChI is InChI=1S/C7H17NO5S.C5H13NO2/c1-7(2,5-9)8-3-6(10)4-14(11,12)13;1-2-5(6,3-7)4-8/h6,8-10H,3-5H2,1-2H3,(H,11,12,13);7-8H,2-4,6H2,1H3. The Labute approximate surface area is 131 Å². The number of hydrogen-bond acceptors (Lipinski definition) is 8. The van der Waals surface area contributed by atoms with Gasteiger partial charge in [-0.05, 0) is 20.3 Å². The molecule has 9 nitrogen and oxygen atoms in total. The third-order valence-corrected chi connectivity index (χ3v) is 3.75. The molecule has 0 heterocycles. The van der Waals surface area contributed by atoms with Crippen LogP contribution in [0.3, 0.4) is 0 Å². The summed E-state index contributed by atoms with van der Waals surface area (Å²) in [4.78, 5) is 0. The molecule has 0 aliphatic rings. The second-order valence-corrected chi connectivity index (χ2v) is 7.35. The van der Waals surface area contributed by atoms with Crippen molar-refractivity contribution in [3.05, 3.63) is 0 Å². The summed E-state index contributed by atoms with van der Waals surface area (Å²) in [6.07, 6.45) is -0.587. The Morgan fingerprint density at radius 1 is 1.14 bits per heavy atom. The molecule has 0 spiro atoms. The van der Waals surface area contributed by atoms with Gasteiger partial charge in [0, 0.05) is 12.1 Å². The van der Waals surface area contributed by atoms with Crippen molar-refractivity contribution in [3.63, 3.8) is 0 Å². The van der Waals surface area contributed by atoms with E-state index >= 15 is 0 Å². The van der Waals surface area contributed by atoms with Crippen molar-refractivity contribution in [3.8, 4) is 0 Å². The first-order valence-electron chi connectivity index (χ1n) is 6.84. The molecule has 1 atom stereocenters. The van der Waals surface area contributed by atoms with E-state index in [-0.39, 0.29) is 26.4 Å². The minimum absolute atomic E-state index is 0.00660. The van der Waals surface area contributed by atoms with Crippen molar-refractivity contribution in [2.24, 2.45) is 5.73 Å². The molecule has 8 N–H and O–H groups in total. The van der Waals surface area contributed by atoms with Crippen LogP contribution in [0, 0.1) is 0 Å². The van der Waals surface area contributed by atoms with Gasteiger partial charge in [0.25, 0.3) is 10.1 Å². The maximum Gasteiger partial charge on any atom is 0.267 e. The van der Waals surface area contributed by atoms with Crippen LogP contribution in [0.1, 0.15) is 27.2 Å². The van der Waals surface area contributed by atoms with Gasteiger partial charge in [-0.1, -0.05) is 6.92 Å². The number of hydrogen-bond donors (Lipinski definition) is 7. The number of nitrogens with two attached hydrogens (primary N) is 1. The van der Waals surface area contributed by atoms with Gasteiger partial charge in [0.1, 0.15) is 5.75 Å². The Bertz CT molecular complexity index is 375. The maximum atomic E-state index is 10.4. The van der Waals surface area contributed by atoms with E-state index < -0.39 is 33.1 Å². The summed E-state index contributed by atoms with van der Waals surface area (Å²) in [6.45, 7) is 4.78. The Morgan fingerprint density at radius 2 is 1.59 bits per heavy atom. The fourth-order valence-electron chi connectivity index (χ4n) is 1.03. The zero-order chi connectivity index (χ0) is 18.0. The molecule has 0 fully saturated rings. The molecule has 0 rings (SSSR count). The van der Waals surface area contributed by atoms with Crippen molar-refractivity contribution >= 4 is 10.1 Å². The lowest BCUT2D eigenvalue weighted by Gasteiger charge is -2.24. The van der Waals surface area contributed by atoms with E-state index in [1.807, 2.05) is 6.92 Å². The monoisotopic (exact) mass is 346 g/mol. The summed E-state index contributed by atoms with van der Waals surface area (Å²) >= 11 is 0. The fraction of sp³-hybridized carbons (Fsp3) is 1.00. The van der Waals surface area contributed by atoms with Gasteiger partial charge in [-0.2, -0.15) is 8.42 Å². The van der Waals surface area contributed by atoms with E-state index in [0.29, 0.717) is 6.42 Å². The summed E-state index contributed by atoms with van der Waals surface area (Å²) in [6, 6.07) is 0. The molecule has 0 aromatic heterocycles. The third kappa shape index (κ3) is 13.3. The summed E-state index contributed by atoms with van der Waals surface area (Å²) in [7, 11) is -4.15. The Kier molecular flexibility index (Phi) is 11.4. The first-order valence-corrected chi connectivity index (χ1v) is 8.45. The molecule has 0 saturated carbocycles. The maximum absolute atomic E-state index is 10.4. The Balaban J connectivity index is 0. The smallest absolute Gasteiger partial charge is 0.267 e. The second-order valence-electron chi connectivity index (χ2n) is 5.86. The predicted molar refractivity (Wildman–Crippen MR) is 83.0 cm³/mol. The van der Waals surface area contributed by atoms with Gasteiger partial charge in [-0.15, -0.1) is 0 Å². The molecule has 0 radical (unpaired) electrons. The highest BCUT2D eigenvalue weighted by Gasteiger charge is 2.20. The average molecular weight is 346 g/mol. The minimum atomic E-state index is -4.15. The lowest BCUT2D eigenvalue weighted by atomic mass is 10.0. The lowest BCUT2D eigenvalue weighted by molar-refractivity contribution is 0.118. The highest BCUT2D eigenvalue weighted by atomic mass is 32.2. The van der Waals surface area contributed by atoms with E-state index in [1.165, 1.54) is 0 Å². The molecule has 0 aliphatic carbocycles. The van der Waals surface area contributed by atoms with Crippen LogP contribution in [0.4, 0.5) is 0 Å². The molecule has 1 unspecified atom stereocenters. The number of aliphatic hydroxyl groups excluding tert-OH is 4. The van der Waals surface area contributed by atoms with Crippen LogP contribution in [0.5, 0.6) is 0 Å². The van der Waals surface area contributed by atoms with Crippen molar-refractivity contribution in [2.45, 2.75) is 44.4 Å². The molecule has 22 heavy (non-hydrogen) atoms. The molecule has 0 aromatic carbocycles. The number of rotatable bonds is 9. The number of aliphatic hydroxyl groups is 4. The molecule has 0 aliphatic heterocycles. The number of β-amino-alcohol motifs (C(OH)–C–C–N with tert-alkyl or cyclic N) is 1. The van der Waals surface area contributed by atoms with Gasteiger partial charge >= 0.3 is 0 Å². The summed E-state index contributed by atoms with van der Waals surface area (Å²) in [5.41, 5.74) is 4.05. The summed E-state index contributed by atoms with van der Waals surface area (Å²) < 4.78 is 29.1. The van der Waals surface area contributed by atoms with Crippen LogP contribution in [0.15, 0.2) is 0 Å². The van der Waals surface area contributed by atoms with Gasteiger partial charge in [0.15, 0.2) is 0 Å². The van der Waals surface area contributed by atoms with Crippen molar-refractivity contribution < 1.29 is 33.4 Å². The first-order chi connectivity index (χ1) is 9.84. The van der Waals surface area contributed by atoms with Crippen molar-refractivity contribution in [1.82, 2.24) is 5.32 Å². The van der Waals surface area contributed by atoms with E-state index in [2.05, 4.69) is 5.32 Å². The van der Waals surface area contributed by atoms with Gasteiger partial charge in [-0.3, -0.25) is 4.55 Å². The first kappa shape index (κ1) is 23.9. The fourth-order valence-corrected chi connectivity index (χ4v) is 1.63. The molecular weight excluding hydrogens is 316 g/mol. The van der Waals surface area contributed by atoms with E-state index in [4.69, 9.17) is 30.7 Å². The normalized spacial score (nSPS) is 14.2. The Hall–Kier alpha value is -0.330. The molecule has 0 saturated heterocycles. The van der Waals surface area contributed by atoms with Gasteiger partial charge in [-0.25, -0.2) is 0 Å². The highest BCUT2D eigenvalue weighted by Crippen LogP contribution is 2.01. The van der Waals surface area contributed by atoms with Crippen LogP contribution in [-0.2, 0) is 10.1 Å². The van der Waals surface area contributed by atoms with Crippen LogP contribution in [0.2, 0.25) is 0 Å². The Morgan fingerprint density at radius 3 is 1.82 bits per heavy atom. The van der Waals surface area contributed by atoms with Crippen LogP contribution in [0.25, 0.3) is 0 Å². The highest BCUT2D eigenvalue weighted by molar-refractivity contribution is 7.85. The van der Waals surface area contributed by atoms with Crippen LogP contribution < -0.4 is 11.1 Å². The van der Waals surface area contributed by atoms with Gasteiger partial charge < -0.3 is 31.5 Å². The van der Waals surface area contributed by atoms with Crippen LogP contribution >= 0.6 is 0 Å². The molecular formula is C12H30N2O7S. The minimum Gasteiger partial charge on any atom is -0.394 e. The molecule has 0 aromatic rings. The third-order valence-electron chi connectivity index (χ3n) is 2.95. The molecule has 0 bridgehead atoms. The summed E-state index contributed by atoms with van der Waals surface area (Å²) in [5, 5.41) is 37.7. The average Bonchev–Trinajstić information content (AvgIpc) is 2.43. The van der Waals surface area contributed by atoms with Crippen molar-refractivity contribution in [2.75, 3.05) is 32.1 Å².